The van der Waals surface area contributed by atoms with Crippen LogP contribution in [0.2, 0.25) is 10.0 Å². The second-order valence-corrected chi connectivity index (χ2v) is 7.76. The van der Waals surface area contributed by atoms with E-state index in [1.807, 2.05) is 18.2 Å². The molecule has 1 aliphatic rings. The number of esters is 1. The van der Waals surface area contributed by atoms with E-state index in [2.05, 4.69) is 0 Å². The molecule has 2 aromatic rings. The third-order valence-electron chi connectivity index (χ3n) is 4.90. The first-order valence-electron chi connectivity index (χ1n) is 9.71. The second-order valence-electron chi connectivity index (χ2n) is 6.94. The normalized spacial score (nSPS) is 14.5. The molecule has 7 heteroatoms. The highest BCUT2D eigenvalue weighted by atomic mass is 35.5. The van der Waals surface area contributed by atoms with E-state index in [1.54, 1.807) is 18.2 Å². The molecule has 0 spiro atoms. The van der Waals surface area contributed by atoms with Gasteiger partial charge in [0.1, 0.15) is 17.9 Å². The average molecular weight is 451 g/mol. The van der Waals surface area contributed by atoms with Crippen molar-refractivity contribution in [1.82, 2.24) is 0 Å². The Bertz CT molecular complexity index is 897. The van der Waals surface area contributed by atoms with Gasteiger partial charge in [-0.2, -0.15) is 0 Å². The van der Waals surface area contributed by atoms with Crippen LogP contribution < -0.4 is 9.47 Å². The molecule has 30 heavy (non-hydrogen) atoms. The lowest BCUT2D eigenvalue weighted by atomic mass is 10.0. The maximum atomic E-state index is 12.1. The largest absolute Gasteiger partial charge is 0.503 e. The zero-order chi connectivity index (χ0) is 21.5. The standard InChI is InChI=1S/C23H24Cl2O5/c1-27-14-19(23(26)28-2)18-10-6-3-7-15(18)13-29-17-11-20(24)22(21(25)12-17)30-16-8-4-5-9-16/h3,6-7,10-12,14,16H,4-5,8-9,13H2,1-2H3. The molecule has 0 bridgehead atoms. The summed E-state index contributed by atoms with van der Waals surface area (Å²) in [6, 6.07) is 10.7. The topological polar surface area (TPSA) is 54.0 Å². The number of rotatable bonds is 8. The molecule has 5 nitrogen and oxygen atoms in total. The maximum Gasteiger partial charge on any atom is 0.341 e. The smallest absolute Gasteiger partial charge is 0.341 e. The van der Waals surface area contributed by atoms with Gasteiger partial charge in [0.25, 0.3) is 0 Å². The summed E-state index contributed by atoms with van der Waals surface area (Å²) in [5.41, 5.74) is 1.74. The highest BCUT2D eigenvalue weighted by molar-refractivity contribution is 6.37. The number of benzene rings is 2. The average Bonchev–Trinajstić information content (AvgIpc) is 3.26. The molecule has 0 saturated heterocycles. The zero-order valence-corrected chi connectivity index (χ0v) is 18.5. The van der Waals surface area contributed by atoms with Crippen molar-refractivity contribution >= 4 is 34.7 Å². The monoisotopic (exact) mass is 450 g/mol. The van der Waals surface area contributed by atoms with Gasteiger partial charge in [0.05, 0.1) is 36.6 Å². The molecule has 1 saturated carbocycles. The Labute approximate surface area is 186 Å². The van der Waals surface area contributed by atoms with Crippen molar-refractivity contribution in [1.29, 1.82) is 0 Å². The molecule has 0 heterocycles. The van der Waals surface area contributed by atoms with Crippen LogP contribution in [-0.2, 0) is 20.9 Å². The molecule has 160 valence electrons. The Morgan fingerprint density at radius 1 is 1.10 bits per heavy atom. The Hall–Kier alpha value is -2.37. The Morgan fingerprint density at radius 3 is 2.40 bits per heavy atom. The third-order valence-corrected chi connectivity index (χ3v) is 5.46. The van der Waals surface area contributed by atoms with Gasteiger partial charge in [-0.05, 0) is 36.8 Å². The molecular weight excluding hydrogens is 427 g/mol. The summed E-state index contributed by atoms with van der Waals surface area (Å²) in [4.78, 5) is 12.1. The van der Waals surface area contributed by atoms with Crippen LogP contribution in [0.5, 0.6) is 11.5 Å². The van der Waals surface area contributed by atoms with E-state index in [1.165, 1.54) is 20.5 Å². The van der Waals surface area contributed by atoms with Crippen LogP contribution >= 0.6 is 23.2 Å². The van der Waals surface area contributed by atoms with Crippen LogP contribution in [0, 0.1) is 0 Å². The summed E-state index contributed by atoms with van der Waals surface area (Å²) in [6.07, 6.45) is 5.85. The fourth-order valence-electron chi connectivity index (χ4n) is 3.42. The highest BCUT2D eigenvalue weighted by Gasteiger charge is 2.21. The first-order chi connectivity index (χ1) is 14.5. The van der Waals surface area contributed by atoms with Crippen molar-refractivity contribution in [3.05, 3.63) is 63.8 Å². The van der Waals surface area contributed by atoms with Crippen LogP contribution in [0.4, 0.5) is 0 Å². The maximum absolute atomic E-state index is 12.1. The van der Waals surface area contributed by atoms with Crippen LogP contribution in [0.15, 0.2) is 42.7 Å². The first-order valence-corrected chi connectivity index (χ1v) is 10.5. The number of carbonyl (C=O) groups excluding carboxylic acids is 1. The number of halogens is 2. The van der Waals surface area contributed by atoms with Crippen LogP contribution in [0.3, 0.4) is 0 Å². The van der Waals surface area contributed by atoms with E-state index in [4.69, 9.17) is 42.1 Å². The van der Waals surface area contributed by atoms with E-state index in [0.717, 1.165) is 31.2 Å². The van der Waals surface area contributed by atoms with Crippen LogP contribution in [0.1, 0.15) is 36.8 Å². The lowest BCUT2D eigenvalue weighted by Crippen LogP contribution is -2.11. The molecule has 0 atom stereocenters. The van der Waals surface area contributed by atoms with Crippen molar-refractivity contribution in [3.8, 4) is 11.5 Å². The predicted molar refractivity (Wildman–Crippen MR) is 117 cm³/mol. The molecule has 0 N–H and O–H groups in total. The number of hydrogen-bond donors (Lipinski definition) is 0. The van der Waals surface area contributed by atoms with Gasteiger partial charge in [0.15, 0.2) is 5.75 Å². The van der Waals surface area contributed by atoms with Gasteiger partial charge in [-0.3, -0.25) is 0 Å². The van der Waals surface area contributed by atoms with Crippen molar-refractivity contribution < 1.29 is 23.7 Å². The number of hydrogen-bond acceptors (Lipinski definition) is 5. The van der Waals surface area contributed by atoms with Crippen LogP contribution in [-0.4, -0.2) is 26.3 Å². The van der Waals surface area contributed by atoms with E-state index >= 15 is 0 Å². The van der Waals surface area contributed by atoms with Gasteiger partial charge in [-0.15, -0.1) is 0 Å². The van der Waals surface area contributed by atoms with E-state index in [0.29, 0.717) is 32.7 Å². The van der Waals surface area contributed by atoms with Gasteiger partial charge in [0, 0.05) is 12.1 Å². The fourth-order valence-corrected chi connectivity index (χ4v) is 3.98. The zero-order valence-electron chi connectivity index (χ0n) is 17.0. The predicted octanol–water partition coefficient (Wildman–Crippen LogP) is 6.05. The molecule has 0 aliphatic heterocycles. The van der Waals surface area contributed by atoms with Crippen molar-refractivity contribution in [2.24, 2.45) is 0 Å². The third kappa shape index (κ3) is 5.41. The Balaban J connectivity index is 1.77. The quantitative estimate of drug-likeness (QED) is 0.278. The summed E-state index contributed by atoms with van der Waals surface area (Å²) >= 11 is 12.8. The van der Waals surface area contributed by atoms with Gasteiger partial charge in [0.2, 0.25) is 0 Å². The molecule has 0 amide bonds. The molecule has 0 aromatic heterocycles. The van der Waals surface area contributed by atoms with Gasteiger partial charge in [-0.25, -0.2) is 4.79 Å². The van der Waals surface area contributed by atoms with Crippen LogP contribution in [0.25, 0.3) is 5.57 Å². The van der Waals surface area contributed by atoms with E-state index < -0.39 is 5.97 Å². The summed E-state index contributed by atoms with van der Waals surface area (Å²) in [7, 11) is 2.80. The van der Waals surface area contributed by atoms with Crippen molar-refractivity contribution in [2.75, 3.05) is 14.2 Å². The number of ether oxygens (including phenoxy) is 4. The second kappa shape index (κ2) is 10.6. The summed E-state index contributed by atoms with van der Waals surface area (Å²) in [6.45, 7) is 0.198. The minimum atomic E-state index is -0.496. The molecule has 2 aromatic carbocycles. The molecule has 0 radical (unpaired) electrons. The van der Waals surface area contributed by atoms with E-state index in [-0.39, 0.29) is 12.7 Å². The van der Waals surface area contributed by atoms with E-state index in [9.17, 15) is 4.79 Å². The molecule has 1 fully saturated rings. The SMILES string of the molecule is COC=C(C(=O)OC)c1ccccc1COc1cc(Cl)c(OC2CCCC2)c(Cl)c1. The lowest BCUT2D eigenvalue weighted by Gasteiger charge is -2.17. The van der Waals surface area contributed by atoms with Gasteiger partial charge < -0.3 is 18.9 Å². The first kappa shape index (κ1) is 22.3. The number of carbonyl (C=O) groups is 1. The molecular formula is C23H24Cl2O5. The van der Waals surface area contributed by atoms with Crippen molar-refractivity contribution in [2.45, 2.75) is 38.4 Å². The highest BCUT2D eigenvalue weighted by Crippen LogP contribution is 2.39. The lowest BCUT2D eigenvalue weighted by molar-refractivity contribution is -0.133. The summed E-state index contributed by atoms with van der Waals surface area (Å²) in [5, 5.41) is 0.819. The Morgan fingerprint density at radius 2 is 1.77 bits per heavy atom. The number of methoxy groups -OCH3 is 2. The molecule has 1 aliphatic carbocycles. The fraction of sp³-hybridized carbons (Fsp3) is 0.348. The minimum Gasteiger partial charge on any atom is -0.503 e. The van der Waals surface area contributed by atoms with Gasteiger partial charge >= 0.3 is 5.97 Å². The Kier molecular flexibility index (Phi) is 7.88. The summed E-state index contributed by atoms with van der Waals surface area (Å²) < 4.78 is 21.8. The molecule has 0 unspecified atom stereocenters. The molecule has 3 rings (SSSR count). The van der Waals surface area contributed by atoms with Crippen molar-refractivity contribution in [3.63, 3.8) is 0 Å². The minimum absolute atomic E-state index is 0.156. The van der Waals surface area contributed by atoms with Gasteiger partial charge in [-0.1, -0.05) is 47.5 Å². The summed E-state index contributed by atoms with van der Waals surface area (Å²) in [5.74, 6) is 0.506.